The van der Waals surface area contributed by atoms with Crippen molar-refractivity contribution in [2.75, 3.05) is 5.01 Å². The summed E-state index contributed by atoms with van der Waals surface area (Å²) in [6.45, 7) is 1.97. The summed E-state index contributed by atoms with van der Waals surface area (Å²) in [6, 6.07) is 16.2. The van der Waals surface area contributed by atoms with Crippen LogP contribution in [0.5, 0.6) is 0 Å². The number of rotatable bonds is 3. The van der Waals surface area contributed by atoms with Crippen molar-refractivity contribution in [1.29, 1.82) is 0 Å². The molecule has 0 bridgehead atoms. The van der Waals surface area contributed by atoms with E-state index in [1.54, 1.807) is 12.1 Å². The molecule has 0 radical (unpaired) electrons. The lowest BCUT2D eigenvalue weighted by Gasteiger charge is -2.27. The quantitative estimate of drug-likeness (QED) is 0.852. The topological polar surface area (TPSA) is 69.6 Å². The van der Waals surface area contributed by atoms with Crippen molar-refractivity contribution in [2.24, 2.45) is 0 Å². The highest BCUT2D eigenvalue weighted by Gasteiger charge is 2.24. The highest BCUT2D eigenvalue weighted by molar-refractivity contribution is 7.85. The number of nitrogens with zero attached hydrogens (tertiary/aromatic N) is 1. The van der Waals surface area contributed by atoms with Crippen molar-refractivity contribution in [3.8, 4) is 0 Å². The summed E-state index contributed by atoms with van der Waals surface area (Å²) in [7, 11) is -4.17. The summed E-state index contributed by atoms with van der Waals surface area (Å²) in [6.07, 6.45) is 2.10. The molecule has 1 heterocycles. The average molecular weight is 316 g/mol. The zero-order valence-electron chi connectivity index (χ0n) is 12.0. The second-order valence-electron chi connectivity index (χ2n) is 5.16. The Labute approximate surface area is 129 Å². The van der Waals surface area contributed by atoms with Crippen LogP contribution in [0.15, 0.2) is 71.3 Å². The van der Waals surface area contributed by atoms with E-state index in [4.69, 9.17) is 4.55 Å². The van der Waals surface area contributed by atoms with E-state index in [1.807, 2.05) is 42.3 Å². The third-order valence-corrected chi connectivity index (χ3v) is 4.40. The first-order valence-corrected chi connectivity index (χ1v) is 8.26. The van der Waals surface area contributed by atoms with Crippen molar-refractivity contribution >= 4 is 15.8 Å². The number of hydrazine groups is 1. The lowest BCUT2D eigenvalue weighted by atomic mass is 10.1. The molecule has 6 heteroatoms. The molecule has 1 aliphatic rings. The largest absolute Gasteiger partial charge is 0.302 e. The molecule has 3 rings (SSSR count). The van der Waals surface area contributed by atoms with Gasteiger partial charge in [-0.2, -0.15) is 8.42 Å². The minimum atomic E-state index is -4.17. The molecule has 1 atom stereocenters. The molecule has 114 valence electrons. The molecule has 2 aromatic carbocycles. The Balaban J connectivity index is 1.94. The molecule has 5 nitrogen and oxygen atoms in total. The molecule has 0 aromatic heterocycles. The van der Waals surface area contributed by atoms with E-state index in [0.29, 0.717) is 0 Å². The van der Waals surface area contributed by atoms with Crippen LogP contribution in [0.3, 0.4) is 0 Å². The smallest absolute Gasteiger partial charge is 0.294 e. The summed E-state index contributed by atoms with van der Waals surface area (Å²) in [5.41, 5.74) is 6.22. The summed E-state index contributed by atoms with van der Waals surface area (Å²) in [4.78, 5) is -0.114. The molecule has 0 fully saturated rings. The highest BCUT2D eigenvalue weighted by atomic mass is 32.2. The third kappa shape index (κ3) is 2.84. The molecule has 22 heavy (non-hydrogen) atoms. The molecule has 0 saturated heterocycles. The van der Waals surface area contributed by atoms with Crippen LogP contribution in [0.25, 0.3) is 0 Å². The van der Waals surface area contributed by atoms with E-state index >= 15 is 0 Å². The van der Waals surface area contributed by atoms with Crippen molar-refractivity contribution in [3.63, 3.8) is 0 Å². The normalized spacial score (nSPS) is 18.0. The first kappa shape index (κ1) is 14.6. The zero-order valence-corrected chi connectivity index (χ0v) is 12.8. The van der Waals surface area contributed by atoms with Crippen LogP contribution in [-0.4, -0.2) is 13.0 Å². The van der Waals surface area contributed by atoms with E-state index in [-0.39, 0.29) is 10.9 Å². The van der Waals surface area contributed by atoms with Gasteiger partial charge in [0.15, 0.2) is 0 Å². The van der Waals surface area contributed by atoms with Crippen molar-refractivity contribution < 1.29 is 13.0 Å². The molecule has 0 aliphatic carbocycles. The van der Waals surface area contributed by atoms with Gasteiger partial charge in [0.05, 0.1) is 16.6 Å². The van der Waals surface area contributed by atoms with Gasteiger partial charge in [-0.05, 0) is 42.8 Å². The number of nitrogens with one attached hydrogen (secondary N) is 1. The predicted octanol–water partition coefficient (Wildman–Crippen LogP) is 2.90. The Morgan fingerprint density at radius 2 is 1.68 bits per heavy atom. The Morgan fingerprint density at radius 3 is 2.27 bits per heavy atom. The van der Waals surface area contributed by atoms with Gasteiger partial charge in [-0.25, -0.2) is 0 Å². The second-order valence-corrected chi connectivity index (χ2v) is 6.58. The van der Waals surface area contributed by atoms with Crippen LogP contribution in [0.1, 0.15) is 18.5 Å². The zero-order chi connectivity index (χ0) is 15.7. The van der Waals surface area contributed by atoms with E-state index in [2.05, 4.69) is 11.5 Å². The van der Waals surface area contributed by atoms with Crippen LogP contribution < -0.4 is 10.4 Å². The van der Waals surface area contributed by atoms with Gasteiger partial charge in [-0.1, -0.05) is 30.3 Å². The van der Waals surface area contributed by atoms with E-state index in [1.165, 1.54) is 12.1 Å². The van der Waals surface area contributed by atoms with Gasteiger partial charge in [-0.3, -0.25) is 9.56 Å². The van der Waals surface area contributed by atoms with Gasteiger partial charge < -0.3 is 5.43 Å². The maximum Gasteiger partial charge on any atom is 0.294 e. The van der Waals surface area contributed by atoms with Crippen molar-refractivity contribution in [3.05, 3.63) is 71.9 Å². The second kappa shape index (κ2) is 5.47. The van der Waals surface area contributed by atoms with E-state index in [9.17, 15) is 8.42 Å². The van der Waals surface area contributed by atoms with Gasteiger partial charge in [0, 0.05) is 5.70 Å². The van der Waals surface area contributed by atoms with E-state index in [0.717, 1.165) is 16.9 Å². The number of anilines is 1. The maximum atomic E-state index is 11.1. The summed E-state index contributed by atoms with van der Waals surface area (Å²) < 4.78 is 31.3. The molecule has 0 saturated carbocycles. The first-order valence-electron chi connectivity index (χ1n) is 6.82. The van der Waals surface area contributed by atoms with E-state index < -0.39 is 10.1 Å². The molecule has 0 spiro atoms. The lowest BCUT2D eigenvalue weighted by Crippen LogP contribution is -2.33. The number of hydrogen-bond donors (Lipinski definition) is 2. The summed E-state index contributed by atoms with van der Waals surface area (Å²) in [5.74, 6) is 0. The monoisotopic (exact) mass is 316 g/mol. The highest BCUT2D eigenvalue weighted by Crippen LogP contribution is 2.32. The van der Waals surface area contributed by atoms with Crippen LogP contribution in [0.4, 0.5) is 5.69 Å². The van der Waals surface area contributed by atoms with Crippen molar-refractivity contribution in [1.82, 2.24) is 5.43 Å². The SMILES string of the molecule is CC1=CC(c2ccccc2)N(c2ccc(S(=O)(=O)O)cc2)N1. The maximum absolute atomic E-state index is 11.1. The Kier molecular flexibility index (Phi) is 3.64. The molecular weight excluding hydrogens is 300 g/mol. The molecular formula is C16H16N2O3S. The third-order valence-electron chi connectivity index (χ3n) is 3.54. The average Bonchev–Trinajstić information content (AvgIpc) is 2.89. The molecule has 1 aliphatic heterocycles. The molecule has 2 N–H and O–H groups in total. The minimum absolute atomic E-state index is 0.0257. The molecule has 0 amide bonds. The van der Waals surface area contributed by atoms with Crippen LogP contribution in [0.2, 0.25) is 0 Å². The summed E-state index contributed by atoms with van der Waals surface area (Å²) >= 11 is 0. The predicted molar refractivity (Wildman–Crippen MR) is 84.8 cm³/mol. The number of hydrogen-bond acceptors (Lipinski definition) is 4. The van der Waals surface area contributed by atoms with Gasteiger partial charge in [-0.15, -0.1) is 0 Å². The fraction of sp³-hybridized carbons (Fsp3) is 0.125. The number of benzene rings is 2. The Bertz CT molecular complexity index is 799. The van der Waals surface area contributed by atoms with Gasteiger partial charge in [0.1, 0.15) is 0 Å². The summed E-state index contributed by atoms with van der Waals surface area (Å²) in [5, 5.41) is 1.96. The van der Waals surface area contributed by atoms with Gasteiger partial charge in [0.2, 0.25) is 0 Å². The first-order chi connectivity index (χ1) is 10.4. The molecule has 1 unspecified atom stereocenters. The molecule has 2 aromatic rings. The van der Waals surface area contributed by atoms with Crippen LogP contribution in [0, 0.1) is 0 Å². The Hall–Kier alpha value is -2.31. The fourth-order valence-corrected chi connectivity index (χ4v) is 2.99. The Morgan fingerprint density at radius 1 is 1.05 bits per heavy atom. The van der Waals surface area contributed by atoms with Crippen LogP contribution >= 0.6 is 0 Å². The van der Waals surface area contributed by atoms with Gasteiger partial charge in [0.25, 0.3) is 10.1 Å². The fourth-order valence-electron chi connectivity index (χ4n) is 2.51. The van der Waals surface area contributed by atoms with Crippen LogP contribution in [-0.2, 0) is 10.1 Å². The standard InChI is InChI=1S/C16H16N2O3S/c1-12-11-16(13-5-3-2-4-6-13)18(17-12)14-7-9-15(10-8-14)22(19,20)21/h2-11,16-17H,1H3,(H,19,20,21). The van der Waals surface area contributed by atoms with Crippen molar-refractivity contribution in [2.45, 2.75) is 17.9 Å². The van der Waals surface area contributed by atoms with Gasteiger partial charge >= 0.3 is 0 Å². The minimum Gasteiger partial charge on any atom is -0.302 e. The lowest BCUT2D eigenvalue weighted by molar-refractivity contribution is 0.483. The number of allylic oxidation sites excluding steroid dienone is 1.